The smallest absolute Gasteiger partial charge is 0.257 e. The molecule has 0 aromatic heterocycles. The van der Waals surface area contributed by atoms with Gasteiger partial charge in [-0.3, -0.25) is 14.3 Å². The Morgan fingerprint density at radius 3 is 2.48 bits per heavy atom. The predicted molar refractivity (Wildman–Crippen MR) is 126 cm³/mol. The van der Waals surface area contributed by atoms with Crippen LogP contribution in [0.3, 0.4) is 0 Å². The van der Waals surface area contributed by atoms with Crippen LogP contribution in [0.4, 0.5) is 5.69 Å². The quantitative estimate of drug-likeness (QED) is 0.707. The number of carbonyl (C=O) groups is 2. The third kappa shape index (κ3) is 6.17. The number of hydrogen-bond donors (Lipinski definition) is 1. The number of methoxy groups -OCH3 is 1. The minimum absolute atomic E-state index is 0.00569. The Hall–Kier alpha value is -2.33. The zero-order valence-electron chi connectivity index (χ0n) is 20.0. The molecule has 1 aromatic rings. The van der Waals surface area contributed by atoms with Crippen molar-refractivity contribution in [3.05, 3.63) is 23.8 Å². The number of nitrogens with one attached hydrogen (secondary N) is 1. The van der Waals surface area contributed by atoms with Crippen LogP contribution in [-0.4, -0.2) is 82.3 Å². The first-order chi connectivity index (χ1) is 15.5. The van der Waals surface area contributed by atoms with E-state index in [9.17, 15) is 18.0 Å². The van der Waals surface area contributed by atoms with Crippen LogP contribution in [0, 0.1) is 11.8 Å². The fraction of sp³-hybridized carbons (Fsp3) is 0.652. The second kappa shape index (κ2) is 10.3. The number of nitrogens with zero attached hydrogens (tertiary/aromatic N) is 2. The molecule has 10 heteroatoms. The summed E-state index contributed by atoms with van der Waals surface area (Å²) in [5.74, 6) is 0.250. The summed E-state index contributed by atoms with van der Waals surface area (Å²) in [6.07, 6.45) is 3.69. The number of hydrogen-bond acceptors (Lipinski definition) is 6. The number of sulfonamides is 1. The fourth-order valence-electron chi connectivity index (χ4n) is 4.25. The van der Waals surface area contributed by atoms with Crippen molar-refractivity contribution in [1.29, 1.82) is 0 Å². The standard InChI is InChI=1S/C23H35N3O6S/c1-15-12-26(22(27)17-7-6-8-17)16(2)14-32-20-10-9-18(24-33(5,29)30)11-19(20)23(28)25(3)13-21(15)31-4/h9-11,15-17,21,24H,6-8,12-14H2,1-5H3/t15-,16+,21-/m1/s1. The molecule has 0 spiro atoms. The summed E-state index contributed by atoms with van der Waals surface area (Å²) in [5.41, 5.74) is 0.526. The minimum atomic E-state index is -3.51. The zero-order valence-corrected chi connectivity index (χ0v) is 20.9. The Kier molecular flexibility index (Phi) is 7.89. The molecule has 1 aliphatic heterocycles. The third-order valence-corrected chi connectivity index (χ3v) is 7.09. The van der Waals surface area contributed by atoms with E-state index in [-0.39, 0.29) is 53.7 Å². The molecule has 1 aliphatic carbocycles. The summed E-state index contributed by atoms with van der Waals surface area (Å²) in [6.45, 7) is 5.02. The average Bonchev–Trinajstić information content (AvgIpc) is 2.70. The monoisotopic (exact) mass is 481 g/mol. The van der Waals surface area contributed by atoms with Crippen molar-refractivity contribution in [1.82, 2.24) is 9.80 Å². The highest BCUT2D eigenvalue weighted by Gasteiger charge is 2.35. The maximum absolute atomic E-state index is 13.3. The van der Waals surface area contributed by atoms with Gasteiger partial charge in [-0.05, 0) is 38.0 Å². The lowest BCUT2D eigenvalue weighted by molar-refractivity contribution is -0.142. The molecule has 9 nitrogen and oxygen atoms in total. The Bertz CT molecular complexity index is 978. The Morgan fingerprint density at radius 1 is 1.21 bits per heavy atom. The van der Waals surface area contributed by atoms with Gasteiger partial charge in [-0.1, -0.05) is 13.3 Å². The van der Waals surface area contributed by atoms with Crippen LogP contribution in [0.25, 0.3) is 0 Å². The molecule has 33 heavy (non-hydrogen) atoms. The summed E-state index contributed by atoms with van der Waals surface area (Å²) < 4.78 is 37.5. The molecular formula is C23H35N3O6S. The van der Waals surface area contributed by atoms with E-state index in [1.165, 1.54) is 6.07 Å². The van der Waals surface area contributed by atoms with E-state index < -0.39 is 10.0 Å². The Morgan fingerprint density at radius 2 is 1.91 bits per heavy atom. The van der Waals surface area contributed by atoms with E-state index in [4.69, 9.17) is 9.47 Å². The summed E-state index contributed by atoms with van der Waals surface area (Å²) in [7, 11) is -0.222. The Balaban J connectivity index is 1.96. The highest BCUT2D eigenvalue weighted by molar-refractivity contribution is 7.92. The third-order valence-electron chi connectivity index (χ3n) is 6.49. The van der Waals surface area contributed by atoms with Gasteiger partial charge in [-0.25, -0.2) is 8.42 Å². The van der Waals surface area contributed by atoms with Crippen LogP contribution < -0.4 is 9.46 Å². The first-order valence-electron chi connectivity index (χ1n) is 11.3. The van der Waals surface area contributed by atoms with Gasteiger partial charge >= 0.3 is 0 Å². The van der Waals surface area contributed by atoms with Crippen molar-refractivity contribution in [2.45, 2.75) is 45.3 Å². The fourth-order valence-corrected chi connectivity index (χ4v) is 4.81. The van der Waals surface area contributed by atoms with Gasteiger partial charge in [0.2, 0.25) is 15.9 Å². The van der Waals surface area contributed by atoms with E-state index >= 15 is 0 Å². The molecule has 1 aromatic carbocycles. The number of benzene rings is 1. The highest BCUT2D eigenvalue weighted by atomic mass is 32.2. The second-order valence-electron chi connectivity index (χ2n) is 9.30. The molecule has 3 rings (SSSR count). The summed E-state index contributed by atoms with van der Waals surface area (Å²) >= 11 is 0. The lowest BCUT2D eigenvalue weighted by atomic mass is 9.83. The first kappa shape index (κ1) is 25.3. The first-order valence-corrected chi connectivity index (χ1v) is 13.2. The predicted octanol–water partition coefficient (Wildman–Crippen LogP) is 2.19. The molecule has 0 unspecified atom stereocenters. The van der Waals surface area contributed by atoms with Crippen LogP contribution in [0.15, 0.2) is 18.2 Å². The van der Waals surface area contributed by atoms with Crippen LogP contribution in [0.1, 0.15) is 43.5 Å². The van der Waals surface area contributed by atoms with Gasteiger partial charge in [-0.15, -0.1) is 0 Å². The van der Waals surface area contributed by atoms with Crippen LogP contribution in [0.5, 0.6) is 5.75 Å². The van der Waals surface area contributed by atoms with Gasteiger partial charge in [0.15, 0.2) is 0 Å². The topological polar surface area (TPSA) is 105 Å². The van der Waals surface area contributed by atoms with Crippen molar-refractivity contribution >= 4 is 27.5 Å². The average molecular weight is 482 g/mol. The SMILES string of the molecule is CO[C@@H]1CN(C)C(=O)c2cc(NS(C)(=O)=O)ccc2OC[C@H](C)N(C(=O)C2CCC2)C[C@H]1C. The van der Waals surface area contributed by atoms with E-state index in [1.807, 2.05) is 18.7 Å². The van der Waals surface area contributed by atoms with Gasteiger partial charge in [0.05, 0.1) is 24.0 Å². The number of carbonyl (C=O) groups excluding carboxylic acids is 2. The number of rotatable bonds is 4. The van der Waals surface area contributed by atoms with Crippen molar-refractivity contribution < 1.29 is 27.5 Å². The molecule has 1 saturated carbocycles. The molecular weight excluding hydrogens is 446 g/mol. The largest absolute Gasteiger partial charge is 0.491 e. The van der Waals surface area contributed by atoms with Gasteiger partial charge in [0.25, 0.3) is 5.91 Å². The lowest BCUT2D eigenvalue weighted by Gasteiger charge is -2.39. The van der Waals surface area contributed by atoms with Crippen molar-refractivity contribution in [2.24, 2.45) is 11.8 Å². The van der Waals surface area contributed by atoms with Crippen molar-refractivity contribution in [2.75, 3.05) is 44.8 Å². The van der Waals surface area contributed by atoms with Crippen molar-refractivity contribution in [3.63, 3.8) is 0 Å². The number of fused-ring (bicyclic) bond motifs is 1. The number of likely N-dealkylation sites (N-methyl/N-ethyl adjacent to an activating group) is 1. The molecule has 3 atom stereocenters. The molecule has 1 N–H and O–H groups in total. The highest BCUT2D eigenvalue weighted by Crippen LogP contribution is 2.31. The summed E-state index contributed by atoms with van der Waals surface area (Å²) in [5, 5.41) is 0. The van der Waals surface area contributed by atoms with Crippen LogP contribution in [0.2, 0.25) is 0 Å². The summed E-state index contributed by atoms with van der Waals surface area (Å²) in [6, 6.07) is 4.42. The molecule has 184 valence electrons. The molecule has 0 radical (unpaired) electrons. The maximum atomic E-state index is 13.3. The zero-order chi connectivity index (χ0) is 24.3. The van der Waals surface area contributed by atoms with Crippen molar-refractivity contribution in [3.8, 4) is 5.75 Å². The molecule has 0 saturated heterocycles. The van der Waals surface area contributed by atoms with Crippen LogP contribution >= 0.6 is 0 Å². The van der Waals surface area contributed by atoms with Gasteiger partial charge in [-0.2, -0.15) is 0 Å². The maximum Gasteiger partial charge on any atom is 0.257 e. The van der Waals surface area contributed by atoms with Gasteiger partial charge in [0, 0.05) is 44.8 Å². The van der Waals surface area contributed by atoms with Crippen LogP contribution in [-0.2, 0) is 19.6 Å². The summed E-state index contributed by atoms with van der Waals surface area (Å²) in [4.78, 5) is 29.9. The second-order valence-corrected chi connectivity index (χ2v) is 11.0. The molecule has 1 fully saturated rings. The number of amides is 2. The number of anilines is 1. The minimum Gasteiger partial charge on any atom is -0.491 e. The van der Waals surface area contributed by atoms with E-state index in [2.05, 4.69) is 4.72 Å². The molecule has 2 amide bonds. The molecule has 1 heterocycles. The van der Waals surface area contributed by atoms with E-state index in [0.717, 1.165) is 25.5 Å². The normalized spacial score (nSPS) is 25.2. The number of ether oxygens (including phenoxy) is 2. The van der Waals surface area contributed by atoms with Gasteiger partial charge in [0.1, 0.15) is 12.4 Å². The molecule has 0 bridgehead atoms. The van der Waals surface area contributed by atoms with Gasteiger partial charge < -0.3 is 19.3 Å². The Labute approximate surface area is 196 Å². The van der Waals surface area contributed by atoms with E-state index in [0.29, 0.717) is 18.8 Å². The lowest BCUT2D eigenvalue weighted by Crippen LogP contribution is -2.51. The molecule has 2 aliphatic rings. The van der Waals surface area contributed by atoms with E-state index in [1.54, 1.807) is 31.2 Å².